The van der Waals surface area contributed by atoms with Gasteiger partial charge in [0.1, 0.15) is 0 Å². The fourth-order valence-electron chi connectivity index (χ4n) is 3.54. The van der Waals surface area contributed by atoms with Gasteiger partial charge in [0, 0.05) is 18.9 Å². The van der Waals surface area contributed by atoms with Gasteiger partial charge in [-0.1, -0.05) is 36.4 Å². The fraction of sp³-hybridized carbons (Fsp3) is 0.364. The molecule has 2 aromatic rings. The number of benzene rings is 2. The summed E-state index contributed by atoms with van der Waals surface area (Å²) in [5, 5.41) is 0. The van der Waals surface area contributed by atoms with Gasteiger partial charge in [-0.2, -0.15) is 0 Å². The first kappa shape index (κ1) is 19.1. The lowest BCUT2D eigenvalue weighted by atomic mass is 9.62. The monoisotopic (exact) mass is 368 g/mol. The smallest absolute Gasteiger partial charge is 0.338 e. The molecule has 2 aromatic carbocycles. The van der Waals surface area contributed by atoms with Crippen LogP contribution in [0.5, 0.6) is 0 Å². The second-order valence-electron chi connectivity index (χ2n) is 7.02. The molecule has 1 fully saturated rings. The van der Waals surface area contributed by atoms with E-state index in [4.69, 9.17) is 14.2 Å². The highest BCUT2D eigenvalue weighted by Gasteiger charge is 2.52. The number of methoxy groups -OCH3 is 1. The number of rotatable bonds is 7. The molecule has 1 aliphatic rings. The zero-order chi connectivity index (χ0) is 19.3. The van der Waals surface area contributed by atoms with Gasteiger partial charge in [0.15, 0.2) is 0 Å². The molecule has 0 radical (unpaired) electrons. The maximum atomic E-state index is 12.2. The minimum absolute atomic E-state index is 0.0289. The molecule has 27 heavy (non-hydrogen) atoms. The van der Waals surface area contributed by atoms with Crippen molar-refractivity contribution in [1.29, 1.82) is 0 Å². The summed E-state index contributed by atoms with van der Waals surface area (Å²) in [5.41, 5.74) is 0.655. The minimum atomic E-state index is -0.388. The lowest BCUT2D eigenvalue weighted by molar-refractivity contribution is -0.174. The van der Waals surface area contributed by atoms with E-state index in [1.54, 1.807) is 55.6 Å². The highest BCUT2D eigenvalue weighted by Crippen LogP contribution is 2.46. The molecule has 1 unspecified atom stereocenters. The third kappa shape index (κ3) is 4.37. The summed E-state index contributed by atoms with van der Waals surface area (Å²) in [6.07, 6.45) is 0.749. The molecule has 3 rings (SSSR count). The Morgan fingerprint density at radius 1 is 0.889 bits per heavy atom. The average Bonchev–Trinajstić information content (AvgIpc) is 2.71. The molecular formula is C22H24O5. The Hall–Kier alpha value is -2.66. The summed E-state index contributed by atoms with van der Waals surface area (Å²) in [6, 6.07) is 17.8. The van der Waals surface area contributed by atoms with Crippen molar-refractivity contribution < 1.29 is 23.8 Å². The Kier molecular flexibility index (Phi) is 5.91. The van der Waals surface area contributed by atoms with Crippen LogP contribution in [0.2, 0.25) is 0 Å². The van der Waals surface area contributed by atoms with Crippen LogP contribution < -0.4 is 0 Å². The highest BCUT2D eigenvalue weighted by atomic mass is 16.5. The van der Waals surface area contributed by atoms with Crippen molar-refractivity contribution in [3.8, 4) is 0 Å². The van der Waals surface area contributed by atoms with Gasteiger partial charge in [0.05, 0.1) is 29.9 Å². The molecule has 142 valence electrons. The molecule has 1 saturated carbocycles. The third-order valence-electron chi connectivity index (χ3n) is 5.33. The number of esters is 2. The van der Waals surface area contributed by atoms with Crippen LogP contribution in [-0.4, -0.2) is 37.9 Å². The predicted octanol–water partition coefficient (Wildman–Crippen LogP) is 3.74. The van der Waals surface area contributed by atoms with Gasteiger partial charge in [-0.15, -0.1) is 0 Å². The van der Waals surface area contributed by atoms with E-state index in [1.165, 1.54) is 0 Å². The van der Waals surface area contributed by atoms with Crippen LogP contribution in [0.3, 0.4) is 0 Å². The third-order valence-corrected chi connectivity index (χ3v) is 5.33. The van der Waals surface area contributed by atoms with E-state index < -0.39 is 0 Å². The zero-order valence-electron chi connectivity index (χ0n) is 15.6. The van der Waals surface area contributed by atoms with Gasteiger partial charge in [0.25, 0.3) is 0 Å². The molecule has 0 bridgehead atoms. The van der Waals surface area contributed by atoms with Crippen molar-refractivity contribution in [2.24, 2.45) is 11.8 Å². The first-order valence-electron chi connectivity index (χ1n) is 9.03. The Bertz CT molecular complexity index is 774. The van der Waals surface area contributed by atoms with Crippen LogP contribution in [0.15, 0.2) is 60.7 Å². The number of hydrogen-bond acceptors (Lipinski definition) is 5. The maximum Gasteiger partial charge on any atom is 0.338 e. The van der Waals surface area contributed by atoms with Gasteiger partial charge >= 0.3 is 11.9 Å². The van der Waals surface area contributed by atoms with Crippen LogP contribution >= 0.6 is 0 Å². The Balaban J connectivity index is 1.56. The molecule has 5 heteroatoms. The number of carbonyl (C=O) groups is 2. The fourth-order valence-corrected chi connectivity index (χ4v) is 3.54. The van der Waals surface area contributed by atoms with Crippen molar-refractivity contribution in [2.75, 3.05) is 20.3 Å². The van der Waals surface area contributed by atoms with E-state index in [0.717, 1.165) is 6.42 Å². The second kappa shape index (κ2) is 8.35. The van der Waals surface area contributed by atoms with Gasteiger partial charge in [-0.3, -0.25) is 0 Å². The molecule has 0 aliphatic heterocycles. The number of hydrogen-bond donors (Lipinski definition) is 0. The van der Waals surface area contributed by atoms with E-state index in [0.29, 0.717) is 11.1 Å². The van der Waals surface area contributed by atoms with Crippen LogP contribution in [-0.2, 0) is 14.2 Å². The summed E-state index contributed by atoms with van der Waals surface area (Å²) in [6.45, 7) is 2.50. The van der Waals surface area contributed by atoms with Crippen LogP contribution in [0.25, 0.3) is 0 Å². The standard InChI is InChI=1S/C22H24O5/c1-22(25-2)13-18(14-26-20(23)16-9-5-3-6-10-16)19(22)15-27-21(24)17-11-7-4-8-12-17/h3-12,18-19H,13-15H2,1-2H3/t18-,19-,22?/m1/s1. The SMILES string of the molecule is COC1(C)C[C@H](COC(=O)c2ccccc2)[C@H]1COC(=O)c1ccccc1. The van der Waals surface area contributed by atoms with Crippen LogP contribution in [0.4, 0.5) is 0 Å². The van der Waals surface area contributed by atoms with Crippen molar-refractivity contribution in [3.63, 3.8) is 0 Å². The van der Waals surface area contributed by atoms with Gasteiger partial charge in [-0.25, -0.2) is 9.59 Å². The Morgan fingerprint density at radius 2 is 1.37 bits per heavy atom. The second-order valence-corrected chi connectivity index (χ2v) is 7.02. The lowest BCUT2D eigenvalue weighted by Crippen LogP contribution is -2.56. The molecule has 5 nitrogen and oxygen atoms in total. The Labute approximate surface area is 159 Å². The van der Waals surface area contributed by atoms with E-state index in [9.17, 15) is 9.59 Å². The molecule has 0 saturated heterocycles. The van der Waals surface area contributed by atoms with Gasteiger partial charge < -0.3 is 14.2 Å². The predicted molar refractivity (Wildman–Crippen MR) is 100 cm³/mol. The van der Waals surface area contributed by atoms with Crippen LogP contribution in [0, 0.1) is 11.8 Å². The lowest BCUT2D eigenvalue weighted by Gasteiger charge is -2.51. The summed E-state index contributed by atoms with van der Waals surface area (Å²) in [7, 11) is 1.65. The molecule has 1 aliphatic carbocycles. The van der Waals surface area contributed by atoms with E-state index in [2.05, 4.69) is 0 Å². The summed E-state index contributed by atoms with van der Waals surface area (Å²) < 4.78 is 16.6. The first-order valence-corrected chi connectivity index (χ1v) is 9.03. The molecule has 0 aromatic heterocycles. The van der Waals surface area contributed by atoms with E-state index in [-0.39, 0.29) is 42.6 Å². The van der Waals surface area contributed by atoms with Crippen molar-refractivity contribution in [2.45, 2.75) is 18.9 Å². The number of ether oxygens (including phenoxy) is 3. The van der Waals surface area contributed by atoms with E-state index >= 15 is 0 Å². The van der Waals surface area contributed by atoms with Crippen LogP contribution in [0.1, 0.15) is 34.1 Å². The molecule has 0 heterocycles. The largest absolute Gasteiger partial charge is 0.462 e. The zero-order valence-corrected chi connectivity index (χ0v) is 15.6. The number of carbonyl (C=O) groups excluding carboxylic acids is 2. The minimum Gasteiger partial charge on any atom is -0.462 e. The van der Waals surface area contributed by atoms with Crippen molar-refractivity contribution >= 4 is 11.9 Å². The first-order chi connectivity index (χ1) is 13.0. The quantitative estimate of drug-likeness (QED) is 0.697. The Morgan fingerprint density at radius 3 is 1.85 bits per heavy atom. The van der Waals surface area contributed by atoms with Gasteiger partial charge in [-0.05, 0) is 37.6 Å². The maximum absolute atomic E-state index is 12.2. The molecule has 0 spiro atoms. The summed E-state index contributed by atoms with van der Waals surface area (Å²) in [4.78, 5) is 24.3. The molecule has 0 N–H and O–H groups in total. The highest BCUT2D eigenvalue weighted by molar-refractivity contribution is 5.89. The summed E-state index contributed by atoms with van der Waals surface area (Å²) in [5.74, 6) is -0.646. The van der Waals surface area contributed by atoms with Crippen molar-refractivity contribution in [3.05, 3.63) is 71.8 Å². The van der Waals surface area contributed by atoms with Crippen molar-refractivity contribution in [1.82, 2.24) is 0 Å². The topological polar surface area (TPSA) is 61.8 Å². The molecule has 0 amide bonds. The molecular weight excluding hydrogens is 344 g/mol. The summed E-state index contributed by atoms with van der Waals surface area (Å²) >= 11 is 0. The van der Waals surface area contributed by atoms with E-state index in [1.807, 2.05) is 19.1 Å². The average molecular weight is 368 g/mol. The molecule has 3 atom stereocenters. The van der Waals surface area contributed by atoms with Gasteiger partial charge in [0.2, 0.25) is 0 Å². The normalized spacial score (nSPS) is 23.9.